The van der Waals surface area contributed by atoms with E-state index < -0.39 is 0 Å². The van der Waals surface area contributed by atoms with Crippen LogP contribution >= 0.6 is 0 Å². The molecule has 0 saturated heterocycles. The first-order valence-corrected chi connectivity index (χ1v) is 6.05. The van der Waals surface area contributed by atoms with E-state index in [4.69, 9.17) is 6.57 Å². The fraction of sp³-hybridized carbons (Fsp3) is 0.286. The molecule has 5 heteroatoms. The molecule has 0 unspecified atom stereocenters. The van der Waals surface area contributed by atoms with Crippen LogP contribution in [0.5, 0.6) is 0 Å². The molecule has 0 fully saturated rings. The number of pyridine rings is 1. The Morgan fingerprint density at radius 1 is 1.32 bits per heavy atom. The van der Waals surface area contributed by atoms with E-state index in [-0.39, 0.29) is 6.04 Å². The second-order valence-corrected chi connectivity index (χ2v) is 4.23. The maximum Gasteiger partial charge on any atom is 0.208 e. The Bertz CT molecular complexity index is 589. The van der Waals surface area contributed by atoms with Crippen LogP contribution in [0.25, 0.3) is 4.85 Å². The summed E-state index contributed by atoms with van der Waals surface area (Å²) in [5, 5.41) is 3.31. The van der Waals surface area contributed by atoms with E-state index in [1.807, 2.05) is 19.9 Å². The minimum absolute atomic E-state index is 0.0591. The molecule has 0 spiro atoms. The molecular weight excluding hydrogens is 238 g/mol. The maximum atomic E-state index is 6.99. The van der Waals surface area contributed by atoms with Gasteiger partial charge in [0.2, 0.25) is 5.69 Å². The van der Waals surface area contributed by atoms with Gasteiger partial charge in [-0.15, -0.1) is 0 Å². The van der Waals surface area contributed by atoms with Crippen LogP contribution in [0.4, 0.5) is 5.69 Å². The molecule has 2 aromatic rings. The average Bonchev–Trinajstić information content (AvgIpc) is 2.46. The Labute approximate surface area is 112 Å². The van der Waals surface area contributed by atoms with Crippen LogP contribution in [0.15, 0.2) is 30.6 Å². The zero-order valence-electron chi connectivity index (χ0n) is 11.0. The molecule has 2 aromatic heterocycles. The molecule has 2 rings (SSSR count). The lowest BCUT2D eigenvalue weighted by molar-refractivity contribution is 0.540. The van der Waals surface area contributed by atoms with Crippen LogP contribution < -0.4 is 5.32 Å². The number of rotatable bonds is 4. The van der Waals surface area contributed by atoms with Crippen molar-refractivity contribution < 1.29 is 0 Å². The first-order valence-electron chi connectivity index (χ1n) is 6.05. The first-order chi connectivity index (χ1) is 9.20. The minimum atomic E-state index is 0.0591. The SMILES string of the molecule is [C-]#[N+]c1ccc(CN[C@H](C)c2ncccn2)nc1C. The van der Waals surface area contributed by atoms with E-state index in [2.05, 4.69) is 25.1 Å². The van der Waals surface area contributed by atoms with E-state index >= 15 is 0 Å². The fourth-order valence-corrected chi connectivity index (χ4v) is 1.71. The lowest BCUT2D eigenvalue weighted by Gasteiger charge is -2.12. The van der Waals surface area contributed by atoms with Crippen molar-refractivity contribution in [1.82, 2.24) is 20.3 Å². The second-order valence-electron chi connectivity index (χ2n) is 4.23. The minimum Gasteiger partial charge on any atom is -0.302 e. The zero-order valence-corrected chi connectivity index (χ0v) is 11.0. The highest BCUT2D eigenvalue weighted by Crippen LogP contribution is 2.16. The Hall–Kier alpha value is -2.32. The van der Waals surface area contributed by atoms with Crippen LogP contribution in [0.1, 0.15) is 30.2 Å². The van der Waals surface area contributed by atoms with Crippen molar-refractivity contribution in [2.75, 3.05) is 0 Å². The van der Waals surface area contributed by atoms with Crippen molar-refractivity contribution in [1.29, 1.82) is 0 Å². The largest absolute Gasteiger partial charge is 0.302 e. The van der Waals surface area contributed by atoms with Gasteiger partial charge in [0.25, 0.3) is 0 Å². The van der Waals surface area contributed by atoms with Gasteiger partial charge < -0.3 is 5.32 Å². The highest BCUT2D eigenvalue weighted by molar-refractivity contribution is 5.48. The third-order valence-electron chi connectivity index (χ3n) is 2.80. The fourth-order valence-electron chi connectivity index (χ4n) is 1.71. The summed E-state index contributed by atoms with van der Waals surface area (Å²) in [6.07, 6.45) is 3.46. The van der Waals surface area contributed by atoms with Crippen molar-refractivity contribution >= 4 is 5.69 Å². The molecule has 0 aromatic carbocycles. The van der Waals surface area contributed by atoms with Crippen molar-refractivity contribution in [2.45, 2.75) is 26.4 Å². The molecule has 1 atom stereocenters. The monoisotopic (exact) mass is 253 g/mol. The van der Waals surface area contributed by atoms with Gasteiger partial charge in [0.15, 0.2) is 0 Å². The van der Waals surface area contributed by atoms with E-state index in [1.54, 1.807) is 24.5 Å². The molecule has 1 N–H and O–H groups in total. The highest BCUT2D eigenvalue weighted by atomic mass is 15.0. The lowest BCUT2D eigenvalue weighted by Crippen LogP contribution is -2.20. The summed E-state index contributed by atoms with van der Waals surface area (Å²) in [4.78, 5) is 16.2. The van der Waals surface area contributed by atoms with E-state index in [0.717, 1.165) is 17.2 Å². The number of aromatic nitrogens is 3. The number of hydrogen-bond acceptors (Lipinski definition) is 4. The second kappa shape index (κ2) is 6.03. The summed E-state index contributed by atoms with van der Waals surface area (Å²) in [5.41, 5.74) is 2.27. The van der Waals surface area contributed by atoms with Gasteiger partial charge in [0.05, 0.1) is 18.3 Å². The van der Waals surface area contributed by atoms with E-state index in [1.165, 1.54) is 0 Å². The molecular formula is C14H15N5. The number of nitrogens with one attached hydrogen (secondary N) is 1. The average molecular weight is 253 g/mol. The maximum absolute atomic E-state index is 6.99. The highest BCUT2D eigenvalue weighted by Gasteiger charge is 2.08. The molecule has 0 radical (unpaired) electrons. The van der Waals surface area contributed by atoms with Gasteiger partial charge in [-0.2, -0.15) is 0 Å². The summed E-state index contributed by atoms with van der Waals surface area (Å²) in [6.45, 7) is 11.5. The summed E-state index contributed by atoms with van der Waals surface area (Å²) in [5.74, 6) is 0.761. The number of hydrogen-bond donors (Lipinski definition) is 1. The van der Waals surface area contributed by atoms with Crippen LogP contribution in [0.3, 0.4) is 0 Å². The summed E-state index contributed by atoms with van der Waals surface area (Å²) in [7, 11) is 0. The zero-order chi connectivity index (χ0) is 13.7. The Morgan fingerprint density at radius 3 is 2.68 bits per heavy atom. The predicted molar refractivity (Wildman–Crippen MR) is 72.5 cm³/mol. The van der Waals surface area contributed by atoms with Crippen LogP contribution in [-0.4, -0.2) is 15.0 Å². The van der Waals surface area contributed by atoms with Gasteiger partial charge >= 0.3 is 0 Å². The molecule has 0 aliphatic rings. The van der Waals surface area contributed by atoms with Gasteiger partial charge in [-0.25, -0.2) is 14.8 Å². The quantitative estimate of drug-likeness (QED) is 0.851. The van der Waals surface area contributed by atoms with Crippen molar-refractivity contribution in [3.8, 4) is 0 Å². The van der Waals surface area contributed by atoms with Crippen LogP contribution in [0, 0.1) is 13.5 Å². The Morgan fingerprint density at radius 2 is 2.05 bits per heavy atom. The molecule has 0 aliphatic carbocycles. The van der Waals surface area contributed by atoms with Crippen molar-refractivity contribution in [2.24, 2.45) is 0 Å². The topological polar surface area (TPSA) is 55.1 Å². The van der Waals surface area contributed by atoms with E-state index in [0.29, 0.717) is 12.2 Å². The van der Waals surface area contributed by atoms with Gasteiger partial charge in [-0.3, -0.25) is 4.98 Å². The van der Waals surface area contributed by atoms with Crippen molar-refractivity contribution in [3.05, 3.63) is 59.2 Å². The summed E-state index contributed by atoms with van der Waals surface area (Å²) in [6, 6.07) is 5.52. The van der Waals surface area contributed by atoms with Gasteiger partial charge in [0, 0.05) is 24.6 Å². The van der Waals surface area contributed by atoms with Gasteiger partial charge in [-0.05, 0) is 26.0 Å². The normalized spacial score (nSPS) is 11.8. The summed E-state index contributed by atoms with van der Waals surface area (Å²) >= 11 is 0. The van der Waals surface area contributed by atoms with Crippen LogP contribution in [-0.2, 0) is 6.54 Å². The molecule has 96 valence electrons. The van der Waals surface area contributed by atoms with Gasteiger partial charge in [-0.1, -0.05) is 6.07 Å². The van der Waals surface area contributed by atoms with E-state index in [9.17, 15) is 0 Å². The molecule has 0 bridgehead atoms. The smallest absolute Gasteiger partial charge is 0.208 e. The van der Waals surface area contributed by atoms with Crippen molar-refractivity contribution in [3.63, 3.8) is 0 Å². The Balaban J connectivity index is 2.00. The molecule has 5 nitrogen and oxygen atoms in total. The lowest BCUT2D eigenvalue weighted by atomic mass is 10.2. The predicted octanol–water partition coefficient (Wildman–Crippen LogP) is 2.58. The molecule has 19 heavy (non-hydrogen) atoms. The third-order valence-corrected chi connectivity index (χ3v) is 2.80. The van der Waals surface area contributed by atoms with Gasteiger partial charge in [0.1, 0.15) is 5.82 Å². The molecule has 0 amide bonds. The first kappa shape index (κ1) is 13.1. The van der Waals surface area contributed by atoms with Crippen LogP contribution in [0.2, 0.25) is 0 Å². The molecule has 0 saturated carbocycles. The number of nitrogens with zero attached hydrogens (tertiary/aromatic N) is 4. The number of aryl methyl sites for hydroxylation is 1. The third kappa shape index (κ3) is 3.33. The standard InChI is InChI=1S/C14H15N5/c1-10-13(15-3)6-5-12(19-10)9-18-11(2)14-16-7-4-8-17-14/h4-8,11,18H,9H2,1-2H3/t11-/m1/s1. The Kier molecular flexibility index (Phi) is 4.16. The summed E-state index contributed by atoms with van der Waals surface area (Å²) < 4.78 is 0. The molecule has 2 heterocycles. The molecule has 0 aliphatic heterocycles.